The third kappa shape index (κ3) is 4.36. The largest absolute Gasteiger partial charge is 0.444 e. The molecule has 0 unspecified atom stereocenters. The third-order valence-electron chi connectivity index (χ3n) is 6.12. The van der Waals surface area contributed by atoms with E-state index < -0.39 is 17.7 Å². The van der Waals surface area contributed by atoms with Crippen LogP contribution >= 0.6 is 0 Å². The van der Waals surface area contributed by atoms with Gasteiger partial charge in [-0.3, -0.25) is 0 Å². The van der Waals surface area contributed by atoms with Crippen molar-refractivity contribution in [1.29, 1.82) is 5.26 Å². The number of nitrogens with zero attached hydrogens (tertiary/aromatic N) is 2. The van der Waals surface area contributed by atoms with E-state index in [9.17, 15) is 23.2 Å². The Morgan fingerprint density at radius 2 is 2.03 bits per heavy atom. The Bertz CT molecular complexity index is 1080. The first kappa shape index (κ1) is 22.3. The number of carbonyl (C=O) groups excluding carboxylic acids is 1. The molecule has 172 valence electrons. The number of rotatable bonds is 2. The molecule has 2 aliphatic rings. The molecule has 1 saturated heterocycles. The summed E-state index contributed by atoms with van der Waals surface area (Å²) >= 11 is 0. The number of halogens is 3. The topological polar surface area (TPSA) is 81.2 Å². The van der Waals surface area contributed by atoms with Gasteiger partial charge in [-0.15, -0.1) is 0 Å². The van der Waals surface area contributed by atoms with Gasteiger partial charge in [0.2, 0.25) is 0 Å². The summed E-state index contributed by atoms with van der Waals surface area (Å²) in [6.45, 7) is 6.50. The highest BCUT2D eigenvalue weighted by molar-refractivity contribution is 5.99. The van der Waals surface area contributed by atoms with Crippen LogP contribution in [0.4, 0.5) is 23.7 Å². The van der Waals surface area contributed by atoms with Crippen LogP contribution in [0.15, 0.2) is 12.1 Å². The van der Waals surface area contributed by atoms with Gasteiger partial charge in [-0.1, -0.05) is 0 Å². The maximum atomic E-state index is 13.3. The number of carbonyl (C=O) groups is 1. The van der Waals surface area contributed by atoms with E-state index in [0.29, 0.717) is 36.3 Å². The Labute approximate surface area is 184 Å². The smallest absolute Gasteiger partial charge is 0.410 e. The molecule has 0 spiro atoms. The molecule has 0 bridgehead atoms. The second-order valence-electron chi connectivity index (χ2n) is 9.64. The lowest BCUT2D eigenvalue weighted by molar-refractivity contribution is -0.177. The highest BCUT2D eigenvalue weighted by atomic mass is 19.4. The van der Waals surface area contributed by atoms with Gasteiger partial charge in [-0.05, 0) is 64.2 Å². The Morgan fingerprint density at radius 3 is 2.69 bits per heavy atom. The van der Waals surface area contributed by atoms with Crippen molar-refractivity contribution in [2.75, 3.05) is 18.4 Å². The van der Waals surface area contributed by atoms with Crippen molar-refractivity contribution in [2.45, 2.75) is 64.3 Å². The zero-order chi connectivity index (χ0) is 23.3. The van der Waals surface area contributed by atoms with Crippen molar-refractivity contribution >= 4 is 22.7 Å². The molecule has 1 aliphatic carbocycles. The van der Waals surface area contributed by atoms with Crippen molar-refractivity contribution in [3.8, 4) is 6.07 Å². The second kappa shape index (κ2) is 7.91. The summed E-state index contributed by atoms with van der Waals surface area (Å²) in [4.78, 5) is 17.1. The van der Waals surface area contributed by atoms with Crippen LogP contribution in [-0.4, -0.2) is 46.9 Å². The predicted molar refractivity (Wildman–Crippen MR) is 114 cm³/mol. The molecule has 6 nitrogen and oxygen atoms in total. The summed E-state index contributed by atoms with van der Waals surface area (Å²) in [6, 6.07) is 5.60. The molecular weight excluding hydrogens is 421 g/mol. The van der Waals surface area contributed by atoms with Crippen molar-refractivity contribution in [3.63, 3.8) is 0 Å². The number of amides is 1. The minimum absolute atomic E-state index is 0.0179. The molecule has 9 heteroatoms. The van der Waals surface area contributed by atoms with Gasteiger partial charge in [0.1, 0.15) is 11.7 Å². The van der Waals surface area contributed by atoms with Crippen molar-refractivity contribution in [2.24, 2.45) is 5.92 Å². The van der Waals surface area contributed by atoms with E-state index >= 15 is 0 Å². The summed E-state index contributed by atoms with van der Waals surface area (Å²) in [5.41, 5.74) is 2.60. The van der Waals surface area contributed by atoms with Crippen LogP contribution in [0.5, 0.6) is 0 Å². The molecule has 1 aliphatic heterocycles. The molecule has 1 aromatic carbocycles. The fourth-order valence-corrected chi connectivity index (χ4v) is 4.62. The van der Waals surface area contributed by atoms with E-state index in [0.717, 1.165) is 23.1 Å². The van der Waals surface area contributed by atoms with Gasteiger partial charge in [0.25, 0.3) is 0 Å². The van der Waals surface area contributed by atoms with E-state index in [4.69, 9.17) is 4.74 Å². The minimum Gasteiger partial charge on any atom is -0.444 e. The number of benzene rings is 1. The molecular formula is C23H27F3N4O2. The molecule has 4 rings (SSSR count). The van der Waals surface area contributed by atoms with Crippen LogP contribution in [0.2, 0.25) is 0 Å². The van der Waals surface area contributed by atoms with E-state index in [1.165, 1.54) is 0 Å². The number of nitriles is 1. The van der Waals surface area contributed by atoms with Crippen LogP contribution in [0.25, 0.3) is 10.9 Å². The SMILES string of the molecule is CC(C)(C)OC(=O)N1CC[C@H](Nc2ccc(C#N)c3[nH]c4c(c23)CC[C@H](C(F)(F)F)C4)C1. The fourth-order valence-electron chi connectivity index (χ4n) is 4.62. The standard InChI is InChI=1S/C23H27F3N4O2/c1-22(2,3)32-21(31)30-9-8-15(12-30)28-17-7-4-13(11-27)20-19(17)16-6-5-14(23(24,25)26)10-18(16)29-20/h4,7,14-15,28-29H,5-6,8-10,12H2,1-3H3/t14-,15-/m0/s1. The molecule has 0 radical (unpaired) electrons. The number of nitrogens with one attached hydrogen (secondary N) is 2. The maximum Gasteiger partial charge on any atom is 0.410 e. The lowest BCUT2D eigenvalue weighted by atomic mass is 9.86. The number of H-pyrrole nitrogens is 1. The number of aromatic amines is 1. The predicted octanol–water partition coefficient (Wildman–Crippen LogP) is 5.13. The number of fused-ring (bicyclic) bond motifs is 3. The number of ether oxygens (including phenoxy) is 1. The van der Waals surface area contributed by atoms with Gasteiger partial charge < -0.3 is 19.9 Å². The number of likely N-dealkylation sites (tertiary alicyclic amines) is 1. The van der Waals surface area contributed by atoms with Gasteiger partial charge >= 0.3 is 12.3 Å². The van der Waals surface area contributed by atoms with Gasteiger partial charge in [0.05, 0.1) is 17.0 Å². The molecule has 2 atom stereocenters. The molecule has 1 amide bonds. The van der Waals surface area contributed by atoms with Gasteiger partial charge in [-0.25, -0.2) is 4.79 Å². The number of hydrogen-bond donors (Lipinski definition) is 2. The first-order chi connectivity index (χ1) is 15.0. The first-order valence-corrected chi connectivity index (χ1v) is 10.8. The lowest BCUT2D eigenvalue weighted by Gasteiger charge is -2.25. The summed E-state index contributed by atoms with van der Waals surface area (Å²) in [5.74, 6) is -1.37. The highest BCUT2D eigenvalue weighted by Crippen LogP contribution is 2.42. The average molecular weight is 448 g/mol. The number of anilines is 1. The number of aryl methyl sites for hydroxylation is 1. The quantitative estimate of drug-likeness (QED) is 0.668. The van der Waals surface area contributed by atoms with Crippen LogP contribution < -0.4 is 5.32 Å². The maximum absolute atomic E-state index is 13.3. The van der Waals surface area contributed by atoms with Crippen molar-refractivity contribution < 1.29 is 22.7 Å². The molecule has 2 aromatic rings. The zero-order valence-corrected chi connectivity index (χ0v) is 18.4. The Hall–Kier alpha value is -2.89. The Balaban J connectivity index is 1.59. The molecule has 2 N–H and O–H groups in total. The Morgan fingerprint density at radius 1 is 1.28 bits per heavy atom. The third-order valence-corrected chi connectivity index (χ3v) is 6.12. The first-order valence-electron chi connectivity index (χ1n) is 10.8. The van der Waals surface area contributed by atoms with Crippen molar-refractivity contribution in [1.82, 2.24) is 9.88 Å². The summed E-state index contributed by atoms with van der Waals surface area (Å²) in [5, 5.41) is 13.8. The second-order valence-corrected chi connectivity index (χ2v) is 9.64. The van der Waals surface area contributed by atoms with Gasteiger partial charge in [0, 0.05) is 35.9 Å². The van der Waals surface area contributed by atoms with E-state index in [2.05, 4.69) is 16.4 Å². The fraction of sp³-hybridized carbons (Fsp3) is 0.565. The summed E-state index contributed by atoms with van der Waals surface area (Å²) in [7, 11) is 0. The number of aromatic nitrogens is 1. The number of alkyl halides is 3. The molecule has 2 heterocycles. The van der Waals surface area contributed by atoms with Gasteiger partial charge in [-0.2, -0.15) is 18.4 Å². The van der Waals surface area contributed by atoms with Crippen LogP contribution in [0, 0.1) is 17.2 Å². The average Bonchev–Trinajstić information content (AvgIpc) is 3.30. The minimum atomic E-state index is -4.23. The molecule has 0 saturated carbocycles. The van der Waals surface area contributed by atoms with Gasteiger partial charge in [0.15, 0.2) is 0 Å². The monoisotopic (exact) mass is 448 g/mol. The molecule has 32 heavy (non-hydrogen) atoms. The highest BCUT2D eigenvalue weighted by Gasteiger charge is 2.42. The zero-order valence-electron chi connectivity index (χ0n) is 18.4. The van der Waals surface area contributed by atoms with Crippen LogP contribution in [0.3, 0.4) is 0 Å². The van der Waals surface area contributed by atoms with E-state index in [1.54, 1.807) is 17.0 Å². The molecule has 1 fully saturated rings. The van der Waals surface area contributed by atoms with Crippen molar-refractivity contribution in [3.05, 3.63) is 29.0 Å². The summed E-state index contributed by atoms with van der Waals surface area (Å²) in [6.07, 6.45) is -3.63. The lowest BCUT2D eigenvalue weighted by Crippen LogP contribution is -2.36. The van der Waals surface area contributed by atoms with E-state index in [-0.39, 0.29) is 25.0 Å². The molecule has 1 aromatic heterocycles. The van der Waals surface area contributed by atoms with E-state index in [1.807, 2.05) is 20.8 Å². The normalized spacial score (nSPS) is 21.3. The van der Waals surface area contributed by atoms with Crippen LogP contribution in [0.1, 0.15) is 50.4 Å². The number of hydrogen-bond acceptors (Lipinski definition) is 4. The van der Waals surface area contributed by atoms with Crippen LogP contribution in [-0.2, 0) is 17.6 Å². The summed E-state index contributed by atoms with van der Waals surface area (Å²) < 4.78 is 45.3. The Kier molecular flexibility index (Phi) is 5.51.